The average Bonchev–Trinajstić information content (AvgIpc) is 3.04. The Morgan fingerprint density at radius 2 is 2.06 bits per heavy atom. The van der Waals surface area contributed by atoms with Crippen molar-refractivity contribution in [2.45, 2.75) is 32.2 Å². The second-order valence-electron chi connectivity index (χ2n) is 3.99. The van der Waals surface area contributed by atoms with Gasteiger partial charge in [0.2, 0.25) is 10.0 Å². The lowest BCUT2D eigenvalue weighted by Crippen LogP contribution is -2.31. The van der Waals surface area contributed by atoms with Crippen molar-refractivity contribution >= 4 is 10.0 Å². The highest BCUT2D eigenvalue weighted by atomic mass is 32.2. The Bertz CT molecular complexity index is 276. The molecule has 0 bridgehead atoms. The lowest BCUT2D eigenvalue weighted by atomic mass is 10.5. The van der Waals surface area contributed by atoms with E-state index < -0.39 is 10.0 Å². The van der Waals surface area contributed by atoms with Crippen molar-refractivity contribution in [1.82, 2.24) is 10.0 Å². The van der Waals surface area contributed by atoms with E-state index in [0.717, 1.165) is 6.54 Å². The predicted octanol–water partition coefficient (Wildman–Crippen LogP) is 0.0844. The molecule has 6 heteroatoms. The Morgan fingerprint density at radius 3 is 2.69 bits per heavy atom. The highest BCUT2D eigenvalue weighted by Crippen LogP contribution is 2.18. The molecule has 0 unspecified atom stereocenters. The van der Waals surface area contributed by atoms with E-state index in [1.165, 1.54) is 12.8 Å². The second kappa shape index (κ2) is 7.21. The fourth-order valence-electron chi connectivity index (χ4n) is 1.34. The van der Waals surface area contributed by atoms with Crippen LogP contribution in [0, 0.1) is 0 Å². The minimum atomic E-state index is -3.11. The third-order valence-corrected chi connectivity index (χ3v) is 3.84. The van der Waals surface area contributed by atoms with Gasteiger partial charge in [-0.1, -0.05) is 0 Å². The molecular weight excluding hydrogens is 228 g/mol. The molecular formula is C10H22N2O3S. The number of rotatable bonds is 10. The molecule has 2 N–H and O–H groups in total. The van der Waals surface area contributed by atoms with E-state index in [9.17, 15) is 8.42 Å². The van der Waals surface area contributed by atoms with Crippen molar-refractivity contribution in [1.29, 1.82) is 0 Å². The number of hydrogen-bond acceptors (Lipinski definition) is 4. The fourth-order valence-corrected chi connectivity index (χ4v) is 2.40. The molecule has 0 heterocycles. The van der Waals surface area contributed by atoms with Gasteiger partial charge in [-0.2, -0.15) is 0 Å². The molecule has 96 valence electrons. The SMILES string of the molecule is CCOCCNS(=O)(=O)CCCNC1CC1. The van der Waals surface area contributed by atoms with E-state index in [1.807, 2.05) is 6.92 Å². The molecule has 1 saturated carbocycles. The molecule has 0 spiro atoms. The van der Waals surface area contributed by atoms with Crippen LogP contribution in [0.1, 0.15) is 26.2 Å². The molecule has 1 fully saturated rings. The zero-order valence-electron chi connectivity index (χ0n) is 9.87. The summed E-state index contributed by atoms with van der Waals surface area (Å²) < 4.78 is 30.5. The molecule has 1 aliphatic carbocycles. The van der Waals surface area contributed by atoms with Gasteiger partial charge in [0.05, 0.1) is 12.4 Å². The van der Waals surface area contributed by atoms with Gasteiger partial charge in [-0.15, -0.1) is 0 Å². The van der Waals surface area contributed by atoms with Gasteiger partial charge in [-0.3, -0.25) is 0 Å². The minimum absolute atomic E-state index is 0.193. The Hall–Kier alpha value is -0.170. The molecule has 0 radical (unpaired) electrons. The van der Waals surface area contributed by atoms with Crippen molar-refractivity contribution in [2.75, 3.05) is 32.1 Å². The van der Waals surface area contributed by atoms with Crippen LogP contribution >= 0.6 is 0 Å². The first-order valence-corrected chi connectivity index (χ1v) is 7.58. The van der Waals surface area contributed by atoms with Crippen LogP contribution in [0.3, 0.4) is 0 Å². The van der Waals surface area contributed by atoms with E-state index in [4.69, 9.17) is 4.74 Å². The van der Waals surface area contributed by atoms with Crippen molar-refractivity contribution in [3.63, 3.8) is 0 Å². The summed E-state index contributed by atoms with van der Waals surface area (Å²) in [5.74, 6) is 0.193. The summed E-state index contributed by atoms with van der Waals surface area (Å²) in [6, 6.07) is 0.647. The first kappa shape index (κ1) is 13.9. The van der Waals surface area contributed by atoms with Crippen molar-refractivity contribution < 1.29 is 13.2 Å². The molecule has 1 rings (SSSR count). The highest BCUT2D eigenvalue weighted by molar-refractivity contribution is 7.89. The summed E-state index contributed by atoms with van der Waals surface area (Å²) in [6.07, 6.45) is 3.14. The van der Waals surface area contributed by atoms with E-state index in [1.54, 1.807) is 0 Å². The van der Waals surface area contributed by atoms with Gasteiger partial charge in [0, 0.05) is 19.2 Å². The molecule has 0 aromatic carbocycles. The molecule has 0 aromatic heterocycles. The monoisotopic (exact) mass is 250 g/mol. The quantitative estimate of drug-likeness (QED) is 0.539. The first-order chi connectivity index (χ1) is 7.64. The number of nitrogens with one attached hydrogen (secondary N) is 2. The van der Waals surface area contributed by atoms with Gasteiger partial charge in [0.1, 0.15) is 0 Å². The van der Waals surface area contributed by atoms with Crippen LogP contribution in [-0.2, 0) is 14.8 Å². The standard InChI is InChI=1S/C10H22N2O3S/c1-2-15-8-7-12-16(13,14)9-3-6-11-10-4-5-10/h10-12H,2-9H2,1H3. The maximum absolute atomic E-state index is 11.5. The predicted molar refractivity (Wildman–Crippen MR) is 63.9 cm³/mol. The molecule has 0 aliphatic heterocycles. The second-order valence-corrected chi connectivity index (χ2v) is 5.92. The number of sulfonamides is 1. The summed E-state index contributed by atoms with van der Waals surface area (Å²) in [5.41, 5.74) is 0. The molecule has 0 amide bonds. The zero-order chi connectivity index (χ0) is 11.9. The summed E-state index contributed by atoms with van der Waals surface area (Å²) >= 11 is 0. The van der Waals surface area contributed by atoms with Crippen molar-refractivity contribution in [2.24, 2.45) is 0 Å². The van der Waals surface area contributed by atoms with Crippen LogP contribution in [0.25, 0.3) is 0 Å². The average molecular weight is 250 g/mol. The van der Waals surface area contributed by atoms with Crippen LogP contribution in [0.2, 0.25) is 0 Å². The van der Waals surface area contributed by atoms with Crippen molar-refractivity contribution in [3.05, 3.63) is 0 Å². The molecule has 0 atom stereocenters. The van der Waals surface area contributed by atoms with Crippen LogP contribution in [0.5, 0.6) is 0 Å². The maximum atomic E-state index is 11.5. The van der Waals surface area contributed by atoms with Crippen LogP contribution in [0.4, 0.5) is 0 Å². The molecule has 1 aliphatic rings. The lowest BCUT2D eigenvalue weighted by molar-refractivity contribution is 0.153. The third-order valence-electron chi connectivity index (χ3n) is 2.37. The summed E-state index contributed by atoms with van der Waals surface area (Å²) in [6.45, 7) is 4.10. The van der Waals surface area contributed by atoms with E-state index in [0.29, 0.717) is 32.2 Å². The normalized spacial score (nSPS) is 16.6. The van der Waals surface area contributed by atoms with E-state index in [-0.39, 0.29) is 5.75 Å². The Labute approximate surface area is 98.0 Å². The van der Waals surface area contributed by atoms with Gasteiger partial charge in [0.15, 0.2) is 0 Å². The minimum Gasteiger partial charge on any atom is -0.380 e. The lowest BCUT2D eigenvalue weighted by Gasteiger charge is -2.07. The molecule has 5 nitrogen and oxygen atoms in total. The smallest absolute Gasteiger partial charge is 0.211 e. The van der Waals surface area contributed by atoms with Crippen LogP contribution in [-0.4, -0.2) is 46.5 Å². The Balaban J connectivity index is 1.98. The van der Waals surface area contributed by atoms with Gasteiger partial charge in [-0.05, 0) is 32.7 Å². The van der Waals surface area contributed by atoms with Gasteiger partial charge in [0.25, 0.3) is 0 Å². The fraction of sp³-hybridized carbons (Fsp3) is 1.00. The zero-order valence-corrected chi connectivity index (χ0v) is 10.7. The van der Waals surface area contributed by atoms with Crippen molar-refractivity contribution in [3.8, 4) is 0 Å². The Morgan fingerprint density at radius 1 is 1.31 bits per heavy atom. The van der Waals surface area contributed by atoms with Gasteiger partial charge in [-0.25, -0.2) is 13.1 Å². The summed E-state index contributed by atoms with van der Waals surface area (Å²) in [5, 5.41) is 3.29. The molecule has 16 heavy (non-hydrogen) atoms. The third kappa shape index (κ3) is 7.16. The summed E-state index contributed by atoms with van der Waals surface area (Å²) in [7, 11) is -3.11. The molecule has 0 aromatic rings. The number of ether oxygens (including phenoxy) is 1. The van der Waals surface area contributed by atoms with Crippen LogP contribution < -0.4 is 10.0 Å². The van der Waals surface area contributed by atoms with E-state index in [2.05, 4.69) is 10.0 Å². The Kier molecular flexibility index (Phi) is 6.26. The topological polar surface area (TPSA) is 67.4 Å². The number of hydrogen-bond donors (Lipinski definition) is 2. The maximum Gasteiger partial charge on any atom is 0.211 e. The largest absolute Gasteiger partial charge is 0.380 e. The highest BCUT2D eigenvalue weighted by Gasteiger charge is 2.20. The molecule has 0 saturated heterocycles. The first-order valence-electron chi connectivity index (χ1n) is 5.92. The van der Waals surface area contributed by atoms with Gasteiger partial charge >= 0.3 is 0 Å². The van der Waals surface area contributed by atoms with Gasteiger partial charge < -0.3 is 10.1 Å². The van der Waals surface area contributed by atoms with Crippen LogP contribution in [0.15, 0.2) is 0 Å². The van der Waals surface area contributed by atoms with E-state index >= 15 is 0 Å². The summed E-state index contributed by atoms with van der Waals surface area (Å²) in [4.78, 5) is 0.